The zero-order chi connectivity index (χ0) is 7.11. The van der Waals surface area contributed by atoms with E-state index in [1.165, 1.54) is 0 Å². The van der Waals surface area contributed by atoms with Gasteiger partial charge in [-0.3, -0.25) is 0 Å². The lowest BCUT2D eigenvalue weighted by Crippen LogP contribution is -2.02. The van der Waals surface area contributed by atoms with E-state index in [4.69, 9.17) is 15.5 Å². The Balaban J connectivity index is 3.32. The lowest BCUT2D eigenvalue weighted by atomic mass is 10.1. The van der Waals surface area contributed by atoms with Crippen LogP contribution in [0.5, 0.6) is 0 Å². The highest BCUT2D eigenvalue weighted by molar-refractivity contribution is 4.81. The van der Waals surface area contributed by atoms with Gasteiger partial charge in [-0.1, -0.05) is 0 Å². The zero-order valence-corrected chi connectivity index (χ0v) is 5.25. The van der Waals surface area contributed by atoms with Gasteiger partial charge in [-0.05, 0) is 12.8 Å². The van der Waals surface area contributed by atoms with Gasteiger partial charge in [-0.15, -0.1) is 0 Å². The maximum Gasteiger partial charge on any atom is 0.0657 e. The van der Waals surface area contributed by atoms with Gasteiger partial charge in [0, 0.05) is 13.2 Å². The summed E-state index contributed by atoms with van der Waals surface area (Å²) in [5.41, 5.74) is 0. The van der Waals surface area contributed by atoms with Gasteiger partial charge in [0.25, 0.3) is 0 Å². The minimum Gasteiger partial charge on any atom is -0.396 e. The van der Waals surface area contributed by atoms with E-state index in [9.17, 15) is 0 Å². The van der Waals surface area contributed by atoms with Crippen LogP contribution in [0.15, 0.2) is 0 Å². The average molecular weight is 129 g/mol. The first kappa shape index (κ1) is 8.41. The first-order valence-electron chi connectivity index (χ1n) is 2.96. The number of aliphatic hydroxyl groups excluding tert-OH is 2. The van der Waals surface area contributed by atoms with Gasteiger partial charge in [-0.2, -0.15) is 5.26 Å². The second-order valence-electron chi connectivity index (χ2n) is 1.85. The fourth-order valence-electron chi connectivity index (χ4n) is 0.585. The highest BCUT2D eigenvalue weighted by atomic mass is 16.3. The number of rotatable bonds is 4. The molecule has 3 heteroatoms. The molecule has 0 fully saturated rings. The number of hydrogen-bond donors (Lipinski definition) is 2. The van der Waals surface area contributed by atoms with Crippen LogP contribution in [-0.4, -0.2) is 23.4 Å². The summed E-state index contributed by atoms with van der Waals surface area (Å²) in [5, 5.41) is 25.0. The van der Waals surface area contributed by atoms with Crippen LogP contribution in [-0.2, 0) is 0 Å². The Morgan fingerprint density at radius 3 is 1.89 bits per heavy atom. The molecule has 0 aliphatic rings. The summed E-state index contributed by atoms with van der Waals surface area (Å²) >= 11 is 0. The van der Waals surface area contributed by atoms with Crippen LogP contribution in [0.2, 0.25) is 0 Å². The van der Waals surface area contributed by atoms with E-state index in [0.717, 1.165) is 0 Å². The lowest BCUT2D eigenvalue weighted by Gasteiger charge is -2.01. The maximum absolute atomic E-state index is 8.36. The molecular weight excluding hydrogens is 118 g/mol. The lowest BCUT2D eigenvalue weighted by molar-refractivity contribution is 0.236. The molecule has 0 bridgehead atoms. The zero-order valence-electron chi connectivity index (χ0n) is 5.25. The van der Waals surface area contributed by atoms with Gasteiger partial charge < -0.3 is 10.2 Å². The molecule has 0 rings (SSSR count). The summed E-state index contributed by atoms with van der Waals surface area (Å²) in [6, 6.07) is 1.98. The van der Waals surface area contributed by atoms with Gasteiger partial charge in [0.15, 0.2) is 0 Å². The Morgan fingerprint density at radius 2 is 1.67 bits per heavy atom. The Bertz CT molecular complexity index is 91.7. The normalized spacial score (nSPS) is 9.56. The SMILES string of the molecule is N#CC(CCO)CCO. The molecule has 2 N–H and O–H groups in total. The molecule has 0 radical (unpaired) electrons. The molecule has 0 saturated heterocycles. The van der Waals surface area contributed by atoms with E-state index in [1.54, 1.807) is 0 Å². The predicted molar refractivity (Wildman–Crippen MR) is 32.5 cm³/mol. The van der Waals surface area contributed by atoms with Crippen LogP contribution >= 0.6 is 0 Å². The summed E-state index contributed by atoms with van der Waals surface area (Å²) in [5.74, 6) is -0.181. The second kappa shape index (κ2) is 5.54. The number of aliphatic hydroxyl groups is 2. The van der Waals surface area contributed by atoms with E-state index in [2.05, 4.69) is 0 Å². The molecule has 0 aromatic rings. The Morgan fingerprint density at radius 1 is 1.22 bits per heavy atom. The quantitative estimate of drug-likeness (QED) is 0.556. The van der Waals surface area contributed by atoms with Crippen molar-refractivity contribution in [1.82, 2.24) is 0 Å². The third-order valence-electron chi connectivity index (χ3n) is 1.14. The highest BCUT2D eigenvalue weighted by Gasteiger charge is 2.03. The molecule has 0 spiro atoms. The molecule has 0 unspecified atom stereocenters. The van der Waals surface area contributed by atoms with Crippen molar-refractivity contribution in [2.75, 3.05) is 13.2 Å². The van der Waals surface area contributed by atoms with Crippen LogP contribution in [0.4, 0.5) is 0 Å². The van der Waals surface area contributed by atoms with Gasteiger partial charge in [0.1, 0.15) is 0 Å². The molecule has 9 heavy (non-hydrogen) atoms. The maximum atomic E-state index is 8.36. The number of nitriles is 1. The fourth-order valence-corrected chi connectivity index (χ4v) is 0.585. The summed E-state index contributed by atoms with van der Waals surface area (Å²) in [4.78, 5) is 0. The van der Waals surface area contributed by atoms with Crippen molar-refractivity contribution in [1.29, 1.82) is 5.26 Å². The van der Waals surface area contributed by atoms with Gasteiger partial charge in [-0.25, -0.2) is 0 Å². The highest BCUT2D eigenvalue weighted by Crippen LogP contribution is 2.04. The van der Waals surface area contributed by atoms with Crippen LogP contribution in [0.3, 0.4) is 0 Å². The van der Waals surface area contributed by atoms with Crippen molar-refractivity contribution in [3.63, 3.8) is 0 Å². The fraction of sp³-hybridized carbons (Fsp3) is 0.833. The van der Waals surface area contributed by atoms with Crippen molar-refractivity contribution in [2.45, 2.75) is 12.8 Å². The molecule has 0 atom stereocenters. The van der Waals surface area contributed by atoms with Crippen LogP contribution < -0.4 is 0 Å². The van der Waals surface area contributed by atoms with Crippen molar-refractivity contribution in [3.8, 4) is 6.07 Å². The van der Waals surface area contributed by atoms with Crippen molar-refractivity contribution < 1.29 is 10.2 Å². The number of nitrogens with zero attached hydrogens (tertiary/aromatic N) is 1. The van der Waals surface area contributed by atoms with E-state index in [1.807, 2.05) is 6.07 Å². The predicted octanol–water partition coefficient (Wildman–Crippen LogP) is -0.109. The van der Waals surface area contributed by atoms with Gasteiger partial charge in [0.2, 0.25) is 0 Å². The number of hydrogen-bond acceptors (Lipinski definition) is 3. The summed E-state index contributed by atoms with van der Waals surface area (Å²) in [6.45, 7) is 0.0520. The molecule has 0 aromatic carbocycles. The smallest absolute Gasteiger partial charge is 0.0657 e. The topological polar surface area (TPSA) is 64.2 Å². The van der Waals surface area contributed by atoms with Crippen molar-refractivity contribution in [3.05, 3.63) is 0 Å². The van der Waals surface area contributed by atoms with Gasteiger partial charge in [0.05, 0.1) is 12.0 Å². The first-order chi connectivity index (χ1) is 4.35. The van der Waals surface area contributed by atoms with Crippen molar-refractivity contribution >= 4 is 0 Å². The second-order valence-corrected chi connectivity index (χ2v) is 1.85. The largest absolute Gasteiger partial charge is 0.396 e. The molecular formula is C6H11NO2. The third kappa shape index (κ3) is 3.95. The molecule has 0 aliphatic heterocycles. The minimum absolute atomic E-state index is 0.0260. The Labute approximate surface area is 54.5 Å². The molecule has 0 aromatic heterocycles. The molecule has 3 nitrogen and oxygen atoms in total. The van der Waals surface area contributed by atoms with E-state index in [0.29, 0.717) is 12.8 Å². The van der Waals surface area contributed by atoms with E-state index >= 15 is 0 Å². The molecule has 52 valence electrons. The first-order valence-corrected chi connectivity index (χ1v) is 2.96. The van der Waals surface area contributed by atoms with Crippen molar-refractivity contribution in [2.24, 2.45) is 5.92 Å². The summed E-state index contributed by atoms with van der Waals surface area (Å²) < 4.78 is 0. The van der Waals surface area contributed by atoms with E-state index in [-0.39, 0.29) is 19.1 Å². The molecule has 0 heterocycles. The molecule has 0 amide bonds. The molecule has 0 aliphatic carbocycles. The van der Waals surface area contributed by atoms with Crippen LogP contribution in [0.25, 0.3) is 0 Å². The van der Waals surface area contributed by atoms with E-state index < -0.39 is 0 Å². The molecule has 0 saturated carbocycles. The standard InChI is InChI=1S/C6H11NO2/c7-5-6(1-3-8)2-4-9/h6,8-9H,1-4H2. The van der Waals surface area contributed by atoms with Crippen LogP contribution in [0.1, 0.15) is 12.8 Å². The Hall–Kier alpha value is -0.590. The van der Waals surface area contributed by atoms with Crippen LogP contribution in [0, 0.1) is 17.2 Å². The average Bonchev–Trinajstić information content (AvgIpc) is 1.88. The van der Waals surface area contributed by atoms with Gasteiger partial charge >= 0.3 is 0 Å². The summed E-state index contributed by atoms with van der Waals surface area (Å²) in [7, 11) is 0. The third-order valence-corrected chi connectivity index (χ3v) is 1.14. The minimum atomic E-state index is -0.181. The Kier molecular flexibility index (Phi) is 5.18. The summed E-state index contributed by atoms with van der Waals surface area (Å²) in [6.07, 6.45) is 0.939. The monoisotopic (exact) mass is 129 g/mol.